The fraction of sp³-hybridized carbons (Fsp3) is 0.500. The average molecular weight is 315 g/mol. The minimum Gasteiger partial charge on any atom is -0.357 e. The highest BCUT2D eigenvalue weighted by Crippen LogP contribution is 2.31. The van der Waals surface area contributed by atoms with Crippen molar-refractivity contribution in [2.45, 2.75) is 18.9 Å². The quantitative estimate of drug-likeness (QED) is 0.911. The van der Waals surface area contributed by atoms with Crippen LogP contribution < -0.4 is 15.5 Å². The lowest BCUT2D eigenvalue weighted by Gasteiger charge is -2.24. The summed E-state index contributed by atoms with van der Waals surface area (Å²) in [5, 5.41) is 8.84. The molecule has 0 amide bonds. The molecule has 0 aromatic carbocycles. The Kier molecular flexibility index (Phi) is 3.72. The van der Waals surface area contributed by atoms with Crippen LogP contribution in [0.15, 0.2) is 23.6 Å². The number of anilines is 2. The molecule has 22 heavy (non-hydrogen) atoms. The number of thiophene rings is 1. The number of piperidine rings is 1. The van der Waals surface area contributed by atoms with Crippen LogP contribution in [0.4, 0.5) is 11.8 Å². The average Bonchev–Trinajstić information content (AvgIpc) is 3.23. The molecule has 116 valence electrons. The van der Waals surface area contributed by atoms with E-state index in [1.807, 2.05) is 7.05 Å². The summed E-state index contributed by atoms with van der Waals surface area (Å²) in [6, 6.07) is 6.92. The fourth-order valence-corrected chi connectivity index (χ4v) is 4.18. The second-order valence-corrected chi connectivity index (χ2v) is 6.98. The van der Waals surface area contributed by atoms with Crippen molar-refractivity contribution in [3.05, 3.63) is 23.6 Å². The zero-order chi connectivity index (χ0) is 14.9. The van der Waals surface area contributed by atoms with Gasteiger partial charge in [0.15, 0.2) is 0 Å². The van der Waals surface area contributed by atoms with Crippen molar-refractivity contribution in [2.75, 3.05) is 36.9 Å². The molecule has 0 bridgehead atoms. The first-order chi connectivity index (χ1) is 10.8. The first-order valence-corrected chi connectivity index (χ1v) is 8.80. The van der Waals surface area contributed by atoms with Gasteiger partial charge in [-0.15, -0.1) is 11.3 Å². The Morgan fingerprint density at radius 3 is 3.09 bits per heavy atom. The summed E-state index contributed by atoms with van der Waals surface area (Å²) in [4.78, 5) is 12.9. The lowest BCUT2D eigenvalue weighted by atomic mass is 9.94. The van der Waals surface area contributed by atoms with Crippen molar-refractivity contribution in [1.29, 1.82) is 0 Å². The van der Waals surface area contributed by atoms with Crippen LogP contribution in [0.2, 0.25) is 0 Å². The predicted molar refractivity (Wildman–Crippen MR) is 91.6 cm³/mol. The summed E-state index contributed by atoms with van der Waals surface area (Å²) in [5.41, 5.74) is 1.01. The number of rotatable bonds is 3. The van der Waals surface area contributed by atoms with Gasteiger partial charge in [-0.3, -0.25) is 0 Å². The highest BCUT2D eigenvalue weighted by atomic mass is 32.1. The van der Waals surface area contributed by atoms with E-state index in [-0.39, 0.29) is 0 Å². The van der Waals surface area contributed by atoms with Crippen LogP contribution in [-0.4, -0.2) is 42.7 Å². The Balaban J connectivity index is 1.65. The van der Waals surface area contributed by atoms with E-state index >= 15 is 0 Å². The van der Waals surface area contributed by atoms with Crippen molar-refractivity contribution in [1.82, 2.24) is 15.3 Å². The van der Waals surface area contributed by atoms with Crippen LogP contribution in [0.1, 0.15) is 12.8 Å². The van der Waals surface area contributed by atoms with E-state index in [0.29, 0.717) is 12.0 Å². The predicted octanol–water partition coefficient (Wildman–Crippen LogP) is 2.43. The molecule has 0 unspecified atom stereocenters. The lowest BCUT2D eigenvalue weighted by Crippen LogP contribution is -2.40. The molecule has 2 aromatic heterocycles. The number of hydrogen-bond donors (Lipinski definition) is 2. The maximum absolute atomic E-state index is 4.68. The molecule has 0 saturated carbocycles. The van der Waals surface area contributed by atoms with E-state index in [1.54, 1.807) is 11.3 Å². The van der Waals surface area contributed by atoms with Crippen LogP contribution in [0.3, 0.4) is 0 Å². The molecule has 0 spiro atoms. The highest BCUT2D eigenvalue weighted by Gasteiger charge is 2.35. The van der Waals surface area contributed by atoms with Gasteiger partial charge in [0.25, 0.3) is 0 Å². The van der Waals surface area contributed by atoms with Crippen LogP contribution in [0.25, 0.3) is 10.6 Å². The highest BCUT2D eigenvalue weighted by molar-refractivity contribution is 7.13. The molecule has 2 aliphatic rings. The number of hydrogen-bond acceptors (Lipinski definition) is 6. The summed E-state index contributed by atoms with van der Waals surface area (Å²) in [5.74, 6) is 2.50. The Labute approximate surface area is 134 Å². The Hall–Kier alpha value is -1.66. The van der Waals surface area contributed by atoms with Crippen molar-refractivity contribution in [3.63, 3.8) is 0 Å². The number of fused-ring (bicyclic) bond motifs is 1. The standard InChI is InChI=1S/C16H21N5S/c1-17-16-19-12(14-5-3-7-22-14)8-15(20-16)21-9-11-4-2-6-18-13(11)10-21/h3,5,7-8,11,13,18H,2,4,6,9-10H2,1H3,(H,17,19,20)/t11-,13+/m1/s1. The summed E-state index contributed by atoms with van der Waals surface area (Å²) in [6.07, 6.45) is 2.62. The molecule has 6 heteroatoms. The van der Waals surface area contributed by atoms with E-state index in [1.165, 1.54) is 17.7 Å². The first kappa shape index (κ1) is 14.0. The number of aromatic nitrogens is 2. The topological polar surface area (TPSA) is 53.1 Å². The largest absolute Gasteiger partial charge is 0.357 e. The minimum absolute atomic E-state index is 0.618. The molecule has 4 rings (SSSR count). The zero-order valence-corrected chi connectivity index (χ0v) is 13.6. The van der Waals surface area contributed by atoms with Crippen LogP contribution in [0.5, 0.6) is 0 Å². The minimum atomic E-state index is 0.618. The molecule has 2 fully saturated rings. The van der Waals surface area contributed by atoms with Crippen molar-refractivity contribution >= 4 is 23.1 Å². The molecule has 0 aliphatic carbocycles. The van der Waals surface area contributed by atoms with Gasteiger partial charge in [0.2, 0.25) is 5.95 Å². The van der Waals surface area contributed by atoms with E-state index in [2.05, 4.69) is 49.1 Å². The molecular weight excluding hydrogens is 294 g/mol. The van der Waals surface area contributed by atoms with Gasteiger partial charge < -0.3 is 15.5 Å². The van der Waals surface area contributed by atoms with Gasteiger partial charge >= 0.3 is 0 Å². The zero-order valence-electron chi connectivity index (χ0n) is 12.7. The molecule has 2 atom stereocenters. The Morgan fingerprint density at radius 1 is 1.36 bits per heavy atom. The molecule has 5 nitrogen and oxygen atoms in total. The summed E-state index contributed by atoms with van der Waals surface area (Å²) >= 11 is 1.72. The molecule has 2 aromatic rings. The van der Waals surface area contributed by atoms with Gasteiger partial charge in [-0.25, -0.2) is 4.98 Å². The maximum Gasteiger partial charge on any atom is 0.224 e. The SMILES string of the molecule is CNc1nc(-c2cccs2)cc(N2C[C@H]3CCCN[C@H]3C2)n1. The normalized spacial score (nSPS) is 24.3. The molecule has 2 saturated heterocycles. The maximum atomic E-state index is 4.68. The van der Waals surface area contributed by atoms with Crippen LogP contribution in [0, 0.1) is 5.92 Å². The van der Waals surface area contributed by atoms with Crippen LogP contribution in [-0.2, 0) is 0 Å². The number of nitrogens with zero attached hydrogens (tertiary/aromatic N) is 3. The third kappa shape index (κ3) is 2.57. The molecule has 0 radical (unpaired) electrons. The van der Waals surface area contributed by atoms with Gasteiger partial charge in [0.1, 0.15) is 5.82 Å². The van der Waals surface area contributed by atoms with Crippen LogP contribution >= 0.6 is 11.3 Å². The summed E-state index contributed by atoms with van der Waals surface area (Å²) < 4.78 is 0. The second-order valence-electron chi connectivity index (χ2n) is 6.03. The third-order valence-electron chi connectivity index (χ3n) is 4.63. The smallest absolute Gasteiger partial charge is 0.224 e. The van der Waals surface area contributed by atoms with Crippen molar-refractivity contribution < 1.29 is 0 Å². The Bertz CT molecular complexity index is 628. The van der Waals surface area contributed by atoms with E-state index in [4.69, 9.17) is 0 Å². The summed E-state index contributed by atoms with van der Waals surface area (Å²) in [6.45, 7) is 3.30. The lowest BCUT2D eigenvalue weighted by molar-refractivity contribution is 0.340. The van der Waals surface area contributed by atoms with Crippen molar-refractivity contribution in [2.24, 2.45) is 5.92 Å². The van der Waals surface area contributed by atoms with E-state index in [0.717, 1.165) is 37.1 Å². The third-order valence-corrected chi connectivity index (χ3v) is 5.53. The number of nitrogens with one attached hydrogen (secondary N) is 2. The molecule has 2 N–H and O–H groups in total. The van der Waals surface area contributed by atoms with Gasteiger partial charge in [0.05, 0.1) is 10.6 Å². The molecular formula is C16H21N5S. The first-order valence-electron chi connectivity index (χ1n) is 7.92. The Morgan fingerprint density at radius 2 is 2.32 bits per heavy atom. The second kappa shape index (κ2) is 5.85. The monoisotopic (exact) mass is 315 g/mol. The van der Waals surface area contributed by atoms with E-state index < -0.39 is 0 Å². The summed E-state index contributed by atoms with van der Waals surface area (Å²) in [7, 11) is 1.88. The van der Waals surface area contributed by atoms with Gasteiger partial charge in [-0.2, -0.15) is 4.98 Å². The molecule has 4 heterocycles. The van der Waals surface area contributed by atoms with Gasteiger partial charge in [0, 0.05) is 32.2 Å². The fourth-order valence-electron chi connectivity index (χ4n) is 3.49. The van der Waals surface area contributed by atoms with E-state index in [9.17, 15) is 0 Å². The molecule has 2 aliphatic heterocycles. The van der Waals surface area contributed by atoms with Gasteiger partial charge in [-0.1, -0.05) is 6.07 Å². The van der Waals surface area contributed by atoms with Crippen molar-refractivity contribution in [3.8, 4) is 10.6 Å². The van der Waals surface area contributed by atoms with Gasteiger partial charge in [-0.05, 0) is 36.8 Å².